The van der Waals surface area contributed by atoms with Crippen molar-refractivity contribution < 1.29 is 18.3 Å². The van der Waals surface area contributed by atoms with Crippen molar-refractivity contribution in [2.24, 2.45) is 5.92 Å². The Labute approximate surface area is 214 Å². The van der Waals surface area contributed by atoms with Gasteiger partial charge in [-0.2, -0.15) is 13.2 Å². The molecular formula is C27H33F3N6O. The van der Waals surface area contributed by atoms with Gasteiger partial charge in [0.25, 0.3) is 0 Å². The summed E-state index contributed by atoms with van der Waals surface area (Å²) in [5.41, 5.74) is 0.860. The molecule has 10 heteroatoms. The van der Waals surface area contributed by atoms with E-state index in [-0.39, 0.29) is 18.0 Å². The highest BCUT2D eigenvalue weighted by atomic mass is 19.4. The molecule has 0 aliphatic carbocycles. The molecule has 0 saturated carbocycles. The minimum Gasteiger partial charge on any atom is -0.376 e. The van der Waals surface area contributed by atoms with Crippen molar-refractivity contribution in [2.75, 3.05) is 31.5 Å². The lowest BCUT2D eigenvalue weighted by molar-refractivity contribution is -0.137. The van der Waals surface area contributed by atoms with Crippen LogP contribution in [0.4, 0.5) is 19.0 Å². The molecule has 2 aliphatic heterocycles. The Hall–Kier alpha value is -2.79. The minimum absolute atomic E-state index is 0.0265. The summed E-state index contributed by atoms with van der Waals surface area (Å²) in [6.07, 6.45) is -5.17. The number of nitrogens with one attached hydrogen (secondary N) is 2. The molecular weight excluding hydrogens is 481 g/mol. The summed E-state index contributed by atoms with van der Waals surface area (Å²) in [5.74, 6) is 1.54. The van der Waals surface area contributed by atoms with E-state index >= 15 is 0 Å². The fraction of sp³-hybridized carbons (Fsp3) is 0.481. The Morgan fingerprint density at radius 3 is 2.68 bits per heavy atom. The first kappa shape index (κ1) is 25.8. The second kappa shape index (κ2) is 10.5. The van der Waals surface area contributed by atoms with Gasteiger partial charge in [0.2, 0.25) is 0 Å². The highest BCUT2D eigenvalue weighted by Gasteiger charge is 2.33. The number of halogens is 3. The number of hydrogen-bond donors (Lipinski definition) is 3. The zero-order chi connectivity index (χ0) is 26.2. The number of rotatable bonds is 3. The number of para-hydroxylation sites is 1. The van der Waals surface area contributed by atoms with Gasteiger partial charge in [-0.3, -0.25) is 15.1 Å². The van der Waals surface area contributed by atoms with Crippen LogP contribution in [0.1, 0.15) is 30.8 Å². The molecule has 2 bridgehead atoms. The highest BCUT2D eigenvalue weighted by molar-refractivity contribution is 5.89. The standard InChI is InChI=1S/C27H33F3N6O/c1-17(2)24-26(37)31-13-20-15-35(14-18-6-5-7-19(12-18)27(28,29)30)10-11-36(20)16-23-32-22-9-4-3-8-21(22)25(33-23)34-24/h3-9,12,17,20,24,26,31,37H,10-11,13-16H2,1-2H3,(H,32,33,34)/t20?,24-,26?/m0/s1. The molecule has 2 aromatic carbocycles. The minimum atomic E-state index is -4.36. The molecule has 3 aromatic rings. The summed E-state index contributed by atoms with van der Waals surface area (Å²) in [4.78, 5) is 14.1. The lowest BCUT2D eigenvalue weighted by Gasteiger charge is -2.41. The van der Waals surface area contributed by atoms with Gasteiger partial charge in [-0.25, -0.2) is 9.97 Å². The van der Waals surface area contributed by atoms with Gasteiger partial charge < -0.3 is 10.4 Å². The van der Waals surface area contributed by atoms with Crippen molar-refractivity contribution in [1.82, 2.24) is 25.1 Å². The predicted octanol–water partition coefficient (Wildman–Crippen LogP) is 3.69. The topological polar surface area (TPSA) is 76.6 Å². The first-order valence-corrected chi connectivity index (χ1v) is 12.7. The van der Waals surface area contributed by atoms with Gasteiger partial charge in [-0.1, -0.05) is 44.2 Å². The van der Waals surface area contributed by atoms with Crippen LogP contribution in [0.5, 0.6) is 0 Å². The second-order valence-electron chi connectivity index (χ2n) is 10.3. The number of fused-ring (bicyclic) bond motifs is 5. The lowest BCUT2D eigenvalue weighted by atomic mass is 10.0. The van der Waals surface area contributed by atoms with E-state index < -0.39 is 18.0 Å². The average molecular weight is 515 g/mol. The third-order valence-corrected chi connectivity index (χ3v) is 7.27. The molecule has 7 nitrogen and oxygen atoms in total. The summed E-state index contributed by atoms with van der Waals surface area (Å²) in [7, 11) is 0. The molecule has 5 rings (SSSR count). The number of alkyl halides is 3. The Balaban J connectivity index is 1.40. The fourth-order valence-electron chi connectivity index (χ4n) is 5.25. The molecule has 1 fully saturated rings. The number of anilines is 1. The van der Waals surface area contributed by atoms with E-state index in [0.29, 0.717) is 56.5 Å². The second-order valence-corrected chi connectivity index (χ2v) is 10.3. The van der Waals surface area contributed by atoms with Gasteiger partial charge in [-0.15, -0.1) is 0 Å². The van der Waals surface area contributed by atoms with Crippen molar-refractivity contribution in [3.05, 3.63) is 65.5 Å². The molecule has 3 atom stereocenters. The lowest BCUT2D eigenvalue weighted by Crippen LogP contribution is -2.58. The van der Waals surface area contributed by atoms with E-state index in [9.17, 15) is 18.3 Å². The van der Waals surface area contributed by atoms with Crippen molar-refractivity contribution in [1.29, 1.82) is 0 Å². The van der Waals surface area contributed by atoms with E-state index in [4.69, 9.17) is 9.97 Å². The Kier molecular flexibility index (Phi) is 7.35. The molecule has 2 aliphatic rings. The zero-order valence-corrected chi connectivity index (χ0v) is 21.0. The smallest absolute Gasteiger partial charge is 0.376 e. The predicted molar refractivity (Wildman–Crippen MR) is 137 cm³/mol. The number of hydrogen-bond acceptors (Lipinski definition) is 7. The third-order valence-electron chi connectivity index (χ3n) is 7.27. The molecule has 0 spiro atoms. The highest BCUT2D eigenvalue weighted by Crippen LogP contribution is 2.30. The van der Waals surface area contributed by atoms with Crippen molar-refractivity contribution in [2.45, 2.75) is 51.4 Å². The van der Waals surface area contributed by atoms with E-state index in [2.05, 4.69) is 34.3 Å². The van der Waals surface area contributed by atoms with Crippen LogP contribution < -0.4 is 10.6 Å². The maximum atomic E-state index is 13.2. The van der Waals surface area contributed by atoms with Crippen molar-refractivity contribution in [3.63, 3.8) is 0 Å². The first-order chi connectivity index (χ1) is 17.7. The fourth-order valence-corrected chi connectivity index (χ4v) is 5.25. The van der Waals surface area contributed by atoms with Crippen LogP contribution in [-0.4, -0.2) is 69.4 Å². The molecule has 1 saturated heterocycles. The number of benzene rings is 2. The molecule has 198 valence electrons. The van der Waals surface area contributed by atoms with E-state index in [1.54, 1.807) is 6.07 Å². The Bertz CT molecular complexity index is 1240. The van der Waals surface area contributed by atoms with Crippen molar-refractivity contribution >= 4 is 16.7 Å². The van der Waals surface area contributed by atoms with Gasteiger partial charge >= 0.3 is 6.18 Å². The Morgan fingerprint density at radius 2 is 1.89 bits per heavy atom. The molecule has 2 unspecified atom stereocenters. The molecule has 3 N–H and O–H groups in total. The van der Waals surface area contributed by atoms with Crippen LogP contribution in [0.25, 0.3) is 10.9 Å². The van der Waals surface area contributed by atoms with Crippen LogP contribution in [-0.2, 0) is 19.3 Å². The summed E-state index contributed by atoms with van der Waals surface area (Å²) < 4.78 is 39.6. The van der Waals surface area contributed by atoms with Gasteiger partial charge in [0.15, 0.2) is 0 Å². The van der Waals surface area contributed by atoms with Crippen LogP contribution >= 0.6 is 0 Å². The van der Waals surface area contributed by atoms with Crippen LogP contribution in [0.15, 0.2) is 48.5 Å². The average Bonchev–Trinajstić information content (AvgIpc) is 2.88. The van der Waals surface area contributed by atoms with E-state index in [1.165, 1.54) is 12.1 Å². The Morgan fingerprint density at radius 1 is 1.08 bits per heavy atom. The van der Waals surface area contributed by atoms with E-state index in [1.807, 2.05) is 24.3 Å². The molecule has 3 heterocycles. The summed E-state index contributed by atoms with van der Waals surface area (Å²) in [5, 5.41) is 18.8. The number of aliphatic hydroxyl groups excluding tert-OH is 1. The number of aliphatic hydroxyl groups is 1. The van der Waals surface area contributed by atoms with Crippen LogP contribution in [0, 0.1) is 5.92 Å². The number of nitrogens with zero attached hydrogens (tertiary/aromatic N) is 4. The molecule has 37 heavy (non-hydrogen) atoms. The molecule has 0 radical (unpaired) electrons. The summed E-state index contributed by atoms with van der Waals surface area (Å²) in [6, 6.07) is 13.1. The SMILES string of the molecule is CC(C)[C@@H]1Nc2nc(nc3ccccc23)CN2CCN(Cc3cccc(C(F)(F)F)c3)CC2CNC1O. The van der Waals surface area contributed by atoms with Crippen LogP contribution in [0.2, 0.25) is 0 Å². The normalized spacial score (nSPS) is 23.9. The van der Waals surface area contributed by atoms with Crippen LogP contribution in [0.3, 0.4) is 0 Å². The maximum Gasteiger partial charge on any atom is 0.416 e. The number of piperazine rings is 1. The largest absolute Gasteiger partial charge is 0.416 e. The van der Waals surface area contributed by atoms with Crippen molar-refractivity contribution in [3.8, 4) is 0 Å². The summed E-state index contributed by atoms with van der Waals surface area (Å²) in [6.45, 7) is 7.69. The monoisotopic (exact) mass is 514 g/mol. The quantitative estimate of drug-likeness (QED) is 0.492. The van der Waals surface area contributed by atoms with Gasteiger partial charge in [-0.05, 0) is 29.7 Å². The summed E-state index contributed by atoms with van der Waals surface area (Å²) >= 11 is 0. The maximum absolute atomic E-state index is 13.2. The van der Waals surface area contributed by atoms with Gasteiger partial charge in [0, 0.05) is 44.2 Å². The van der Waals surface area contributed by atoms with Gasteiger partial charge in [0.1, 0.15) is 17.9 Å². The number of aromatic nitrogens is 2. The third kappa shape index (κ3) is 5.87. The zero-order valence-electron chi connectivity index (χ0n) is 21.0. The molecule has 1 aromatic heterocycles. The first-order valence-electron chi connectivity index (χ1n) is 12.7. The molecule has 0 amide bonds. The van der Waals surface area contributed by atoms with Gasteiger partial charge in [0.05, 0.1) is 23.7 Å². The van der Waals surface area contributed by atoms with E-state index in [0.717, 1.165) is 17.0 Å².